The first-order valence-electron chi connectivity index (χ1n) is 13.4. The van der Waals surface area contributed by atoms with Crippen LogP contribution in [0.2, 0.25) is 5.02 Å². The maximum atomic E-state index is 13.6. The van der Waals surface area contributed by atoms with E-state index in [0.29, 0.717) is 17.3 Å². The van der Waals surface area contributed by atoms with Crippen molar-refractivity contribution in [1.82, 2.24) is 9.72 Å². The monoisotopic (exact) mass is 549 g/mol. The fourth-order valence-electron chi connectivity index (χ4n) is 5.17. The van der Waals surface area contributed by atoms with Gasteiger partial charge in [-0.05, 0) is 12.8 Å². The van der Waals surface area contributed by atoms with Crippen molar-refractivity contribution in [2.45, 2.75) is 52.5 Å². The normalized spacial score (nSPS) is 15.2. The molecule has 1 N–H and O–H groups in total. The van der Waals surface area contributed by atoms with Crippen LogP contribution in [0.3, 0.4) is 0 Å². The third-order valence-corrected chi connectivity index (χ3v) is 7.82. The number of fused-ring (bicyclic) bond motifs is 1. The number of nitrogens with one attached hydrogen (secondary N) is 1. The molecule has 3 aromatic rings. The molecule has 0 aliphatic carbocycles. The Hall–Kier alpha value is -3.19. The summed E-state index contributed by atoms with van der Waals surface area (Å²) >= 11 is 6.33. The van der Waals surface area contributed by atoms with E-state index in [4.69, 9.17) is 11.6 Å². The van der Waals surface area contributed by atoms with E-state index >= 15 is 0 Å². The Labute approximate surface area is 235 Å². The molecule has 0 radical (unpaired) electrons. The molecule has 39 heavy (non-hydrogen) atoms. The van der Waals surface area contributed by atoms with E-state index in [0.717, 1.165) is 67.0 Å². The van der Waals surface area contributed by atoms with Gasteiger partial charge in [-0.1, -0.05) is 30.4 Å². The molecule has 204 valence electrons. The molecule has 1 aromatic carbocycles. The standard InChI is InChI=1S/C31H35BClF2N3O/c1-5-24(31(4,34)35)12-9-21(3)23-15-18-37(19-16-23)25-13-10-22(11-14-25)20-36-30(39)28-26(6-2)32-29-27(33)8-7-17-38(28)29/h5,7-14,17,23H,3,6,15-16,18-20H2,1-2,4H3,(H,36,39)/b12-9-,24-5+. The molecule has 2 aromatic heterocycles. The van der Waals surface area contributed by atoms with Gasteiger partial charge in [-0.2, -0.15) is 0 Å². The second-order valence-electron chi connectivity index (χ2n) is 10.1. The van der Waals surface area contributed by atoms with Gasteiger partial charge >= 0.3 is 165 Å². The molecule has 0 unspecified atom stereocenters. The van der Waals surface area contributed by atoms with Crippen molar-refractivity contribution >= 4 is 35.5 Å². The number of rotatable bonds is 9. The number of benzene rings is 1. The van der Waals surface area contributed by atoms with Crippen molar-refractivity contribution in [2.75, 3.05) is 18.0 Å². The Bertz CT molecular complexity index is 1400. The zero-order valence-corrected chi connectivity index (χ0v) is 23.6. The Morgan fingerprint density at radius 3 is 2.51 bits per heavy atom. The van der Waals surface area contributed by atoms with Crippen LogP contribution in [0.15, 0.2) is 78.5 Å². The predicted molar refractivity (Wildman–Crippen MR) is 158 cm³/mol. The molecule has 3 heterocycles. The molecule has 0 saturated carbocycles. The van der Waals surface area contributed by atoms with Crippen LogP contribution >= 0.6 is 11.6 Å². The predicted octanol–water partition coefficient (Wildman–Crippen LogP) is 7.35. The van der Waals surface area contributed by atoms with Crippen molar-refractivity contribution in [3.63, 3.8) is 0 Å². The first-order valence-corrected chi connectivity index (χ1v) is 13.8. The van der Waals surface area contributed by atoms with Gasteiger partial charge in [-0.25, -0.2) is 8.78 Å². The zero-order valence-electron chi connectivity index (χ0n) is 22.8. The number of piperidine rings is 1. The topological polar surface area (TPSA) is 36.8 Å². The van der Waals surface area contributed by atoms with Gasteiger partial charge in [0.25, 0.3) is 5.92 Å². The summed E-state index contributed by atoms with van der Waals surface area (Å²) in [5.41, 5.74) is 5.47. The molecule has 1 aliphatic rings. The van der Waals surface area contributed by atoms with Gasteiger partial charge in [0.2, 0.25) is 0 Å². The summed E-state index contributed by atoms with van der Waals surface area (Å²) in [4.78, 5) is 15.4. The summed E-state index contributed by atoms with van der Waals surface area (Å²) < 4.78 is 29.1. The number of aromatic nitrogens is 1. The van der Waals surface area contributed by atoms with Gasteiger partial charge < -0.3 is 0 Å². The fourth-order valence-corrected chi connectivity index (χ4v) is 5.39. The zero-order chi connectivity index (χ0) is 28.2. The SMILES string of the molecule is C=C(/C=C\C(=C/C)C(C)(F)F)C1CCN(c2ccc(CNC(=O)c3c(CC)bc4c(Cl)cccn34)cc2)CC1. The number of alkyl halides is 2. The molecule has 4 rings (SSSR count). The van der Waals surface area contributed by atoms with E-state index in [9.17, 15) is 13.6 Å². The average Bonchev–Trinajstić information content (AvgIpc) is 3.32. The van der Waals surface area contributed by atoms with Crippen LogP contribution in [0.4, 0.5) is 14.5 Å². The van der Waals surface area contributed by atoms with Crippen LogP contribution in [0.5, 0.6) is 0 Å². The summed E-state index contributed by atoms with van der Waals surface area (Å²) in [5.74, 6) is -2.70. The third-order valence-electron chi connectivity index (χ3n) is 7.50. The van der Waals surface area contributed by atoms with Gasteiger partial charge in [0, 0.05) is 12.5 Å². The van der Waals surface area contributed by atoms with E-state index in [1.165, 1.54) is 12.2 Å². The van der Waals surface area contributed by atoms with Crippen molar-refractivity contribution in [3.8, 4) is 0 Å². The third kappa shape index (κ3) is 6.70. The molecule has 0 atom stereocenters. The van der Waals surface area contributed by atoms with Crippen LogP contribution in [0.1, 0.15) is 55.1 Å². The van der Waals surface area contributed by atoms with Crippen molar-refractivity contribution in [1.29, 1.82) is 0 Å². The first-order chi connectivity index (χ1) is 18.6. The molecule has 0 bridgehead atoms. The summed E-state index contributed by atoms with van der Waals surface area (Å²) in [5, 5.41) is 3.68. The van der Waals surface area contributed by atoms with E-state index in [-0.39, 0.29) is 17.4 Å². The second kappa shape index (κ2) is 12.3. The fraction of sp³-hybridized carbons (Fsp3) is 0.355. The number of carbonyl (C=O) groups excluding carboxylic acids is 1. The molecule has 4 nitrogen and oxygen atoms in total. The van der Waals surface area contributed by atoms with Crippen molar-refractivity contribution in [2.24, 2.45) is 5.92 Å². The molecule has 1 saturated heterocycles. The molecular weight excluding hydrogens is 515 g/mol. The number of anilines is 1. The Morgan fingerprint density at radius 1 is 1.21 bits per heavy atom. The molecule has 8 heteroatoms. The quantitative estimate of drug-likeness (QED) is 0.283. The molecule has 1 aliphatic heterocycles. The number of pyridine rings is 1. The van der Waals surface area contributed by atoms with E-state index < -0.39 is 5.92 Å². The minimum absolute atomic E-state index is 0.00874. The van der Waals surface area contributed by atoms with Gasteiger partial charge in [0.15, 0.2) is 0 Å². The molecule has 1 amide bonds. The first kappa shape index (κ1) is 28.8. The molecular formula is C31H35BClF2N3O. The van der Waals surface area contributed by atoms with E-state index in [2.05, 4.69) is 28.9 Å². The number of hydrogen-bond acceptors (Lipinski definition) is 2. The van der Waals surface area contributed by atoms with Crippen LogP contribution in [0, 0.1) is 5.92 Å². The van der Waals surface area contributed by atoms with Crippen LogP contribution < -0.4 is 10.2 Å². The summed E-state index contributed by atoms with van der Waals surface area (Å²) in [6.45, 7) is 12.9. The number of hydrogen-bond donors (Lipinski definition) is 1. The summed E-state index contributed by atoms with van der Waals surface area (Å²) in [6, 6.07) is 11.9. The van der Waals surface area contributed by atoms with E-state index in [1.54, 1.807) is 13.0 Å². The van der Waals surface area contributed by atoms with Gasteiger partial charge in [-0.3, -0.25) is 0 Å². The van der Waals surface area contributed by atoms with Crippen LogP contribution in [-0.4, -0.2) is 36.2 Å². The second-order valence-corrected chi connectivity index (χ2v) is 10.5. The Morgan fingerprint density at radius 2 is 1.90 bits per heavy atom. The minimum atomic E-state index is -2.85. The Balaban J connectivity index is 1.32. The van der Waals surface area contributed by atoms with Gasteiger partial charge in [0.1, 0.15) is 0 Å². The van der Waals surface area contributed by atoms with Crippen LogP contribution in [0.25, 0.3) is 5.41 Å². The number of allylic oxidation sites excluding steroid dienone is 5. The van der Waals surface area contributed by atoms with Crippen LogP contribution in [-0.2, 0) is 13.0 Å². The molecule has 1 fully saturated rings. The van der Waals surface area contributed by atoms with Gasteiger partial charge in [-0.15, -0.1) is 0 Å². The average molecular weight is 550 g/mol. The summed E-state index contributed by atoms with van der Waals surface area (Å²) in [6.07, 6.45) is 9.12. The van der Waals surface area contributed by atoms with Gasteiger partial charge in [0.05, 0.1) is 0 Å². The maximum absolute atomic E-state index is 13.6. The van der Waals surface area contributed by atoms with Crippen molar-refractivity contribution in [3.05, 3.63) is 100 Å². The number of nitrogens with zero attached hydrogens (tertiary/aromatic N) is 2. The van der Waals surface area contributed by atoms with E-state index in [1.807, 2.05) is 48.7 Å². The number of aryl methyl sites for hydroxylation is 1. The number of halogens is 3. The molecule has 0 spiro atoms. The number of carbonyl (C=O) groups is 1. The Kier molecular flexibility index (Phi) is 9.11. The number of amides is 1. The summed E-state index contributed by atoms with van der Waals surface area (Å²) in [7, 11) is 0. The van der Waals surface area contributed by atoms with Crippen molar-refractivity contribution < 1.29 is 13.6 Å².